The molecule has 106 valence electrons. The standard InChI is InChI=1S/C15H30N2O/c1-5-16-15(18)12(4)17-14-8-6-7-13(10-14)9-11(2)3/h11-14,17H,5-10H2,1-4H3,(H,16,18). The van der Waals surface area contributed by atoms with Crippen molar-refractivity contribution in [3.63, 3.8) is 0 Å². The normalized spacial score (nSPS) is 26.1. The Labute approximate surface area is 112 Å². The largest absolute Gasteiger partial charge is 0.355 e. The van der Waals surface area contributed by atoms with E-state index in [1.54, 1.807) is 0 Å². The minimum atomic E-state index is -0.0623. The van der Waals surface area contributed by atoms with Gasteiger partial charge < -0.3 is 10.6 Å². The van der Waals surface area contributed by atoms with Crippen LogP contribution < -0.4 is 10.6 Å². The molecule has 0 aromatic heterocycles. The SMILES string of the molecule is CCNC(=O)C(C)NC1CCCC(CC(C)C)C1. The third-order valence-corrected chi connectivity index (χ3v) is 3.82. The van der Waals surface area contributed by atoms with Gasteiger partial charge in [-0.1, -0.05) is 26.7 Å². The van der Waals surface area contributed by atoms with Gasteiger partial charge in [0.05, 0.1) is 6.04 Å². The highest BCUT2D eigenvalue weighted by Crippen LogP contribution is 2.29. The third-order valence-electron chi connectivity index (χ3n) is 3.82. The van der Waals surface area contributed by atoms with Crippen molar-refractivity contribution in [2.45, 2.75) is 71.9 Å². The second-order valence-corrected chi connectivity index (χ2v) is 6.14. The Bertz CT molecular complexity index is 253. The Morgan fingerprint density at radius 3 is 2.61 bits per heavy atom. The van der Waals surface area contributed by atoms with Crippen molar-refractivity contribution in [1.29, 1.82) is 0 Å². The zero-order valence-corrected chi connectivity index (χ0v) is 12.5. The zero-order chi connectivity index (χ0) is 13.5. The summed E-state index contributed by atoms with van der Waals surface area (Å²) in [6, 6.07) is 0.466. The number of hydrogen-bond acceptors (Lipinski definition) is 2. The molecular weight excluding hydrogens is 224 g/mol. The summed E-state index contributed by atoms with van der Waals surface area (Å²) in [4.78, 5) is 11.7. The molecule has 1 fully saturated rings. The van der Waals surface area contributed by atoms with E-state index in [4.69, 9.17) is 0 Å². The van der Waals surface area contributed by atoms with Crippen LogP contribution in [0.4, 0.5) is 0 Å². The predicted molar refractivity (Wildman–Crippen MR) is 76.5 cm³/mol. The average Bonchev–Trinajstić information content (AvgIpc) is 2.28. The molecule has 2 N–H and O–H groups in total. The van der Waals surface area contributed by atoms with Crippen LogP contribution in [0.3, 0.4) is 0 Å². The predicted octanol–water partition coefficient (Wildman–Crippen LogP) is 2.71. The Hall–Kier alpha value is -0.570. The van der Waals surface area contributed by atoms with Gasteiger partial charge in [-0.3, -0.25) is 4.79 Å². The van der Waals surface area contributed by atoms with E-state index in [9.17, 15) is 4.79 Å². The van der Waals surface area contributed by atoms with E-state index >= 15 is 0 Å². The van der Waals surface area contributed by atoms with E-state index in [1.165, 1.54) is 32.1 Å². The van der Waals surface area contributed by atoms with Crippen LogP contribution in [0.5, 0.6) is 0 Å². The van der Waals surface area contributed by atoms with Gasteiger partial charge in [0.1, 0.15) is 0 Å². The first-order valence-corrected chi connectivity index (χ1v) is 7.56. The van der Waals surface area contributed by atoms with E-state index in [0.717, 1.165) is 11.8 Å². The number of nitrogens with one attached hydrogen (secondary N) is 2. The fourth-order valence-corrected chi connectivity index (χ4v) is 3.08. The van der Waals surface area contributed by atoms with E-state index in [0.29, 0.717) is 12.6 Å². The first kappa shape index (κ1) is 15.5. The van der Waals surface area contributed by atoms with Crippen molar-refractivity contribution in [1.82, 2.24) is 10.6 Å². The molecule has 0 spiro atoms. The van der Waals surface area contributed by atoms with Gasteiger partial charge in [0.2, 0.25) is 5.91 Å². The molecule has 0 bridgehead atoms. The van der Waals surface area contributed by atoms with Gasteiger partial charge >= 0.3 is 0 Å². The summed E-state index contributed by atoms with van der Waals surface area (Å²) in [6.45, 7) is 9.25. The van der Waals surface area contributed by atoms with E-state index < -0.39 is 0 Å². The maximum atomic E-state index is 11.7. The van der Waals surface area contributed by atoms with Crippen molar-refractivity contribution in [2.75, 3.05) is 6.54 Å². The molecule has 3 heteroatoms. The molecule has 18 heavy (non-hydrogen) atoms. The molecule has 1 rings (SSSR count). The monoisotopic (exact) mass is 254 g/mol. The van der Waals surface area contributed by atoms with Crippen molar-refractivity contribution < 1.29 is 4.79 Å². The van der Waals surface area contributed by atoms with Crippen LogP contribution in [0.2, 0.25) is 0 Å². The van der Waals surface area contributed by atoms with Gasteiger partial charge in [0.25, 0.3) is 0 Å². The lowest BCUT2D eigenvalue weighted by Crippen LogP contribution is -2.48. The fraction of sp³-hybridized carbons (Fsp3) is 0.933. The number of rotatable bonds is 6. The molecule has 0 aromatic carbocycles. The maximum absolute atomic E-state index is 11.7. The second-order valence-electron chi connectivity index (χ2n) is 6.14. The summed E-state index contributed by atoms with van der Waals surface area (Å²) in [5.41, 5.74) is 0. The Kier molecular flexibility index (Phi) is 6.69. The quantitative estimate of drug-likeness (QED) is 0.765. The second kappa shape index (κ2) is 7.78. The van der Waals surface area contributed by atoms with E-state index in [-0.39, 0.29) is 11.9 Å². The summed E-state index contributed by atoms with van der Waals surface area (Å²) < 4.78 is 0. The molecule has 0 radical (unpaired) electrons. The van der Waals surface area contributed by atoms with Crippen LogP contribution in [0, 0.1) is 11.8 Å². The van der Waals surface area contributed by atoms with Crippen molar-refractivity contribution in [3.05, 3.63) is 0 Å². The van der Waals surface area contributed by atoms with Crippen LogP contribution in [-0.2, 0) is 4.79 Å². The highest BCUT2D eigenvalue weighted by Gasteiger charge is 2.25. The molecule has 0 heterocycles. The number of hydrogen-bond donors (Lipinski definition) is 2. The Morgan fingerprint density at radius 2 is 2.00 bits per heavy atom. The summed E-state index contributed by atoms with van der Waals surface area (Å²) in [5.74, 6) is 1.76. The molecule has 0 aromatic rings. The number of likely N-dealkylation sites (N-methyl/N-ethyl adjacent to an activating group) is 1. The van der Waals surface area contributed by atoms with Crippen molar-refractivity contribution >= 4 is 5.91 Å². The van der Waals surface area contributed by atoms with Gasteiger partial charge in [-0.05, 0) is 44.9 Å². The maximum Gasteiger partial charge on any atom is 0.236 e. The van der Waals surface area contributed by atoms with Gasteiger partial charge in [0.15, 0.2) is 0 Å². The zero-order valence-electron chi connectivity index (χ0n) is 12.5. The molecule has 1 aliphatic carbocycles. The molecule has 1 saturated carbocycles. The lowest BCUT2D eigenvalue weighted by Gasteiger charge is -2.32. The minimum absolute atomic E-state index is 0.0623. The minimum Gasteiger partial charge on any atom is -0.355 e. The van der Waals surface area contributed by atoms with Crippen molar-refractivity contribution in [2.24, 2.45) is 11.8 Å². The molecule has 3 nitrogen and oxygen atoms in total. The topological polar surface area (TPSA) is 41.1 Å². The van der Waals surface area contributed by atoms with Gasteiger partial charge in [-0.2, -0.15) is 0 Å². The molecule has 1 aliphatic rings. The molecule has 1 amide bonds. The average molecular weight is 254 g/mol. The number of carbonyl (C=O) groups is 1. The van der Waals surface area contributed by atoms with Crippen LogP contribution in [-0.4, -0.2) is 24.5 Å². The first-order valence-electron chi connectivity index (χ1n) is 7.56. The highest BCUT2D eigenvalue weighted by molar-refractivity contribution is 5.81. The molecule has 0 saturated heterocycles. The third kappa shape index (κ3) is 5.38. The summed E-state index contributed by atoms with van der Waals surface area (Å²) in [5, 5.41) is 6.37. The summed E-state index contributed by atoms with van der Waals surface area (Å²) >= 11 is 0. The van der Waals surface area contributed by atoms with Gasteiger partial charge in [0, 0.05) is 12.6 Å². The molecule has 3 atom stereocenters. The lowest BCUT2D eigenvalue weighted by atomic mass is 9.81. The fourth-order valence-electron chi connectivity index (χ4n) is 3.08. The smallest absolute Gasteiger partial charge is 0.236 e. The van der Waals surface area contributed by atoms with Crippen LogP contribution in [0.1, 0.15) is 59.8 Å². The Balaban J connectivity index is 2.35. The number of carbonyl (C=O) groups excluding carboxylic acids is 1. The Morgan fingerprint density at radius 1 is 1.28 bits per heavy atom. The summed E-state index contributed by atoms with van der Waals surface area (Å²) in [7, 11) is 0. The van der Waals surface area contributed by atoms with E-state index in [1.807, 2.05) is 13.8 Å². The van der Waals surface area contributed by atoms with Gasteiger partial charge in [-0.15, -0.1) is 0 Å². The lowest BCUT2D eigenvalue weighted by molar-refractivity contribution is -0.122. The summed E-state index contributed by atoms with van der Waals surface area (Å²) in [6.07, 6.45) is 6.46. The van der Waals surface area contributed by atoms with Gasteiger partial charge in [-0.25, -0.2) is 0 Å². The van der Waals surface area contributed by atoms with Crippen LogP contribution >= 0.6 is 0 Å². The number of amides is 1. The van der Waals surface area contributed by atoms with Crippen LogP contribution in [0.15, 0.2) is 0 Å². The first-order chi connectivity index (χ1) is 8.52. The molecule has 0 aliphatic heterocycles. The molecular formula is C15H30N2O. The molecule has 3 unspecified atom stereocenters. The van der Waals surface area contributed by atoms with Crippen LogP contribution in [0.25, 0.3) is 0 Å². The van der Waals surface area contributed by atoms with Crippen molar-refractivity contribution in [3.8, 4) is 0 Å². The highest BCUT2D eigenvalue weighted by atomic mass is 16.2. The van der Waals surface area contributed by atoms with E-state index in [2.05, 4.69) is 24.5 Å².